The smallest absolute Gasteiger partial charge is 0.150 e. The molecule has 0 unspecified atom stereocenters. The van der Waals surface area contributed by atoms with Gasteiger partial charge in [-0.25, -0.2) is 13.4 Å². The van der Waals surface area contributed by atoms with Gasteiger partial charge in [0.2, 0.25) is 0 Å². The van der Waals surface area contributed by atoms with E-state index in [1.807, 2.05) is 6.92 Å². The highest BCUT2D eigenvalue weighted by molar-refractivity contribution is 7.91. The molecule has 2 aliphatic rings. The topological polar surface area (TPSA) is 59.1 Å². The van der Waals surface area contributed by atoms with Gasteiger partial charge in [-0.1, -0.05) is 0 Å². The molecular weight excluding hydrogens is 268 g/mol. The minimum Gasteiger partial charge on any atom is -0.303 e. The molecule has 0 radical (unpaired) electrons. The molecule has 1 aromatic heterocycles. The van der Waals surface area contributed by atoms with Crippen LogP contribution in [-0.2, 0) is 15.4 Å². The predicted octanol–water partition coefficient (Wildman–Crippen LogP) is 1.61. The second-order valence-electron chi connectivity index (χ2n) is 5.45. The summed E-state index contributed by atoms with van der Waals surface area (Å²) >= 11 is 1.66. The van der Waals surface area contributed by atoms with Gasteiger partial charge < -0.3 is 5.32 Å². The lowest BCUT2D eigenvalue weighted by Crippen LogP contribution is -2.49. The van der Waals surface area contributed by atoms with Crippen molar-refractivity contribution >= 4 is 21.2 Å². The van der Waals surface area contributed by atoms with Crippen molar-refractivity contribution in [2.75, 3.05) is 11.5 Å². The molecule has 1 N–H and O–H groups in total. The van der Waals surface area contributed by atoms with Gasteiger partial charge in [-0.3, -0.25) is 0 Å². The number of aryl methyl sites for hydroxylation is 1. The highest BCUT2D eigenvalue weighted by Crippen LogP contribution is 2.38. The van der Waals surface area contributed by atoms with Crippen molar-refractivity contribution in [1.29, 1.82) is 0 Å². The van der Waals surface area contributed by atoms with Crippen LogP contribution in [-0.4, -0.2) is 30.9 Å². The second kappa shape index (κ2) is 4.28. The summed E-state index contributed by atoms with van der Waals surface area (Å²) in [5.41, 5.74) is 0.839. The Balaban J connectivity index is 1.89. The van der Waals surface area contributed by atoms with Crippen LogP contribution in [0.2, 0.25) is 0 Å². The highest BCUT2D eigenvalue weighted by Gasteiger charge is 2.43. The van der Waals surface area contributed by atoms with E-state index in [1.54, 1.807) is 11.3 Å². The molecule has 1 aliphatic heterocycles. The average molecular weight is 286 g/mol. The molecule has 1 saturated carbocycles. The van der Waals surface area contributed by atoms with Crippen LogP contribution in [0.25, 0.3) is 0 Å². The maximum absolute atomic E-state index is 11.6. The molecule has 6 heteroatoms. The first-order chi connectivity index (χ1) is 8.49. The number of thiazole rings is 1. The number of aromatic nitrogens is 1. The van der Waals surface area contributed by atoms with Gasteiger partial charge >= 0.3 is 0 Å². The summed E-state index contributed by atoms with van der Waals surface area (Å²) in [7, 11) is -2.83. The van der Waals surface area contributed by atoms with E-state index in [4.69, 9.17) is 0 Å². The van der Waals surface area contributed by atoms with E-state index >= 15 is 0 Å². The Hall–Kier alpha value is -0.460. The zero-order valence-electron chi connectivity index (χ0n) is 10.5. The molecule has 0 aromatic carbocycles. The fourth-order valence-electron chi connectivity index (χ4n) is 2.50. The molecule has 100 valence electrons. The molecule has 0 atom stereocenters. The lowest BCUT2D eigenvalue weighted by molar-refractivity contribution is 0.295. The number of rotatable bonds is 3. The summed E-state index contributed by atoms with van der Waals surface area (Å²) in [6.45, 7) is 1.99. The van der Waals surface area contributed by atoms with E-state index in [0.717, 1.165) is 10.7 Å². The van der Waals surface area contributed by atoms with Gasteiger partial charge in [-0.2, -0.15) is 0 Å². The first kappa shape index (κ1) is 12.6. The van der Waals surface area contributed by atoms with Gasteiger partial charge in [0, 0.05) is 17.1 Å². The van der Waals surface area contributed by atoms with Gasteiger partial charge in [-0.15, -0.1) is 11.3 Å². The van der Waals surface area contributed by atoms with Crippen molar-refractivity contribution in [3.05, 3.63) is 16.1 Å². The first-order valence-corrected chi connectivity index (χ1v) is 9.10. The van der Waals surface area contributed by atoms with Crippen LogP contribution in [0.5, 0.6) is 0 Å². The highest BCUT2D eigenvalue weighted by atomic mass is 32.2. The Labute approximate surface area is 112 Å². The van der Waals surface area contributed by atoms with Crippen molar-refractivity contribution in [3.8, 4) is 0 Å². The molecular formula is C12H18N2O2S2. The Morgan fingerprint density at radius 3 is 2.56 bits per heavy atom. The summed E-state index contributed by atoms with van der Waals surface area (Å²) < 4.78 is 23.3. The normalized spacial score (nSPS) is 26.1. The molecule has 18 heavy (non-hydrogen) atoms. The summed E-state index contributed by atoms with van der Waals surface area (Å²) in [6.07, 6.45) is 3.75. The van der Waals surface area contributed by atoms with E-state index < -0.39 is 9.84 Å². The van der Waals surface area contributed by atoms with Crippen molar-refractivity contribution in [2.45, 2.75) is 44.2 Å². The minimum absolute atomic E-state index is 0.189. The second-order valence-corrected chi connectivity index (χ2v) is 8.61. The molecule has 0 bridgehead atoms. The molecule has 1 aromatic rings. The first-order valence-electron chi connectivity index (χ1n) is 6.40. The van der Waals surface area contributed by atoms with Crippen molar-refractivity contribution in [2.24, 2.45) is 0 Å². The van der Waals surface area contributed by atoms with Crippen LogP contribution >= 0.6 is 11.3 Å². The van der Waals surface area contributed by atoms with Crippen LogP contribution < -0.4 is 5.32 Å². The van der Waals surface area contributed by atoms with E-state index in [0.29, 0.717) is 18.9 Å². The zero-order valence-corrected chi connectivity index (χ0v) is 12.1. The lowest BCUT2D eigenvalue weighted by atomic mass is 9.92. The minimum atomic E-state index is -2.83. The van der Waals surface area contributed by atoms with Crippen molar-refractivity contribution < 1.29 is 8.42 Å². The Bertz CT molecular complexity index is 532. The van der Waals surface area contributed by atoms with Crippen LogP contribution in [0.1, 0.15) is 36.4 Å². The van der Waals surface area contributed by atoms with Crippen LogP contribution in [0, 0.1) is 6.92 Å². The Morgan fingerprint density at radius 1 is 1.39 bits per heavy atom. The maximum atomic E-state index is 11.6. The van der Waals surface area contributed by atoms with E-state index in [9.17, 15) is 8.42 Å². The Kier molecular flexibility index (Phi) is 2.99. The molecule has 2 heterocycles. The molecule has 1 aliphatic carbocycles. The summed E-state index contributed by atoms with van der Waals surface area (Å²) in [5, 5.41) is 6.78. The number of nitrogens with zero attached hydrogens (tertiary/aromatic N) is 1. The Morgan fingerprint density at radius 2 is 2.06 bits per heavy atom. The SMILES string of the molecule is Cc1csc(C2(NC3CC3)CCS(=O)(=O)CC2)n1. The van der Waals surface area contributed by atoms with Crippen LogP contribution in [0.15, 0.2) is 5.38 Å². The average Bonchev–Trinajstić information content (AvgIpc) is 3.02. The van der Waals surface area contributed by atoms with E-state index in [1.165, 1.54) is 12.8 Å². The number of sulfone groups is 1. The standard InChI is InChI=1S/C12H18N2O2S2/c1-9-8-17-11(13-9)12(14-10-2-3-10)4-6-18(15,16)7-5-12/h8,10,14H,2-7H2,1H3. The van der Waals surface area contributed by atoms with E-state index in [2.05, 4.69) is 15.7 Å². The quantitative estimate of drug-likeness (QED) is 0.917. The van der Waals surface area contributed by atoms with Crippen LogP contribution in [0.3, 0.4) is 0 Å². The molecule has 2 fully saturated rings. The summed E-state index contributed by atoms with van der Waals surface area (Å²) in [5.74, 6) is 0.566. The lowest BCUT2D eigenvalue weighted by Gasteiger charge is -2.36. The molecule has 0 spiro atoms. The third-order valence-corrected chi connectivity index (χ3v) is 6.58. The van der Waals surface area contributed by atoms with Gasteiger partial charge in [0.15, 0.2) is 0 Å². The van der Waals surface area contributed by atoms with Gasteiger partial charge in [0.25, 0.3) is 0 Å². The molecule has 4 nitrogen and oxygen atoms in total. The number of nitrogens with one attached hydrogen (secondary N) is 1. The van der Waals surface area contributed by atoms with Crippen molar-refractivity contribution in [3.63, 3.8) is 0 Å². The third-order valence-electron chi connectivity index (χ3n) is 3.77. The largest absolute Gasteiger partial charge is 0.303 e. The van der Waals surface area contributed by atoms with Gasteiger partial charge in [0.05, 0.1) is 17.0 Å². The number of hydrogen-bond acceptors (Lipinski definition) is 5. The monoisotopic (exact) mass is 286 g/mol. The van der Waals surface area contributed by atoms with Crippen molar-refractivity contribution in [1.82, 2.24) is 10.3 Å². The predicted molar refractivity (Wildman–Crippen MR) is 72.6 cm³/mol. The summed E-state index contributed by atoms with van der Waals surface area (Å²) in [6, 6.07) is 0.565. The number of hydrogen-bond donors (Lipinski definition) is 1. The third kappa shape index (κ3) is 2.46. The fourth-order valence-corrected chi connectivity index (χ4v) is 5.04. The van der Waals surface area contributed by atoms with Gasteiger partial charge in [-0.05, 0) is 32.6 Å². The fraction of sp³-hybridized carbons (Fsp3) is 0.750. The van der Waals surface area contributed by atoms with Gasteiger partial charge in [0.1, 0.15) is 14.8 Å². The molecule has 3 rings (SSSR count). The maximum Gasteiger partial charge on any atom is 0.150 e. The zero-order chi connectivity index (χ0) is 12.8. The van der Waals surface area contributed by atoms with Crippen LogP contribution in [0.4, 0.5) is 0 Å². The summed E-state index contributed by atoms with van der Waals surface area (Å²) in [4.78, 5) is 4.60. The molecule has 1 saturated heterocycles. The molecule has 0 amide bonds. The van der Waals surface area contributed by atoms with E-state index in [-0.39, 0.29) is 17.0 Å².